The molecule has 0 unspecified atom stereocenters. The van der Waals surface area contributed by atoms with Gasteiger partial charge in [0.15, 0.2) is 11.9 Å². The highest BCUT2D eigenvalue weighted by Crippen LogP contribution is 2.31. The Bertz CT molecular complexity index is 1690. The average Bonchev–Trinajstić information content (AvgIpc) is 3.38. The van der Waals surface area contributed by atoms with Crippen LogP contribution in [0.25, 0.3) is 22.5 Å². The molecule has 0 N–H and O–H groups in total. The van der Waals surface area contributed by atoms with Crippen LogP contribution in [0.1, 0.15) is 48.6 Å². The van der Waals surface area contributed by atoms with Gasteiger partial charge in [-0.3, -0.25) is 9.36 Å². The monoisotopic (exact) mass is 536 g/mol. The molecular weight excluding hydrogens is 506 g/mol. The van der Waals surface area contributed by atoms with Crippen molar-refractivity contribution < 1.29 is 14.4 Å². The molecule has 5 rings (SSSR count). The van der Waals surface area contributed by atoms with Crippen LogP contribution in [0.4, 0.5) is 0 Å². The van der Waals surface area contributed by atoms with Crippen LogP contribution < -0.4 is 15.4 Å². The fraction of sp³-hybridized carbons (Fsp3) is 0.258. The van der Waals surface area contributed by atoms with Crippen molar-refractivity contribution in [1.82, 2.24) is 24.7 Å². The van der Waals surface area contributed by atoms with Crippen LogP contribution in [-0.2, 0) is 19.4 Å². The van der Waals surface area contributed by atoms with E-state index in [0.29, 0.717) is 36.5 Å². The van der Waals surface area contributed by atoms with Gasteiger partial charge in [-0.1, -0.05) is 62.4 Å². The van der Waals surface area contributed by atoms with Crippen molar-refractivity contribution in [3.8, 4) is 40.2 Å². The topological polar surface area (TPSA) is 119 Å². The number of hydrogen-bond acceptors (Lipinski definition) is 8. The van der Waals surface area contributed by atoms with Crippen molar-refractivity contribution in [2.24, 2.45) is 0 Å². The van der Waals surface area contributed by atoms with Gasteiger partial charge < -0.3 is 14.4 Å². The van der Waals surface area contributed by atoms with Crippen LogP contribution in [0.15, 0.2) is 70.0 Å². The van der Waals surface area contributed by atoms with E-state index in [4.69, 9.17) is 9.72 Å². The van der Waals surface area contributed by atoms with Crippen LogP contribution in [0.3, 0.4) is 0 Å². The number of hydrogen-bond donors (Lipinski definition) is 0. The second-order valence-corrected chi connectivity index (χ2v) is 9.65. The molecule has 0 aliphatic carbocycles. The average molecular weight is 537 g/mol. The van der Waals surface area contributed by atoms with Crippen molar-refractivity contribution in [2.75, 3.05) is 0 Å². The Morgan fingerprint density at radius 2 is 1.70 bits per heavy atom. The smallest absolute Gasteiger partial charge is 0.297 e. The molecule has 3 aromatic heterocycles. The van der Waals surface area contributed by atoms with Crippen LogP contribution in [0.2, 0.25) is 0 Å². The molecule has 0 spiro atoms. The molecule has 5 aromatic rings. The van der Waals surface area contributed by atoms with Gasteiger partial charge in [0, 0.05) is 23.7 Å². The molecule has 2 aromatic carbocycles. The summed E-state index contributed by atoms with van der Waals surface area (Å²) in [6, 6.07) is 19.2. The zero-order valence-electron chi connectivity index (χ0n) is 23.0. The molecule has 0 fully saturated rings. The van der Waals surface area contributed by atoms with E-state index >= 15 is 0 Å². The van der Waals surface area contributed by atoms with Crippen molar-refractivity contribution in [3.63, 3.8) is 0 Å². The summed E-state index contributed by atoms with van der Waals surface area (Å²) in [5.74, 6) is 1.57. The summed E-state index contributed by atoms with van der Waals surface area (Å²) in [4.78, 5) is 27.0. The lowest BCUT2D eigenvalue weighted by Crippen LogP contribution is -2.28. The third-order valence-electron chi connectivity index (χ3n) is 6.55. The minimum absolute atomic E-state index is 0.211. The number of ether oxygens (including phenoxy) is 1. The number of benzene rings is 2. The van der Waals surface area contributed by atoms with Gasteiger partial charge in [0.1, 0.15) is 5.82 Å². The highest BCUT2D eigenvalue weighted by Gasteiger charge is 2.19. The van der Waals surface area contributed by atoms with Gasteiger partial charge in [0.05, 0.1) is 12.2 Å². The zero-order valence-corrected chi connectivity index (χ0v) is 23.0. The summed E-state index contributed by atoms with van der Waals surface area (Å²) in [6.45, 7) is 8.24. The first kappa shape index (κ1) is 26.8. The molecule has 0 atom stereocenters. The Morgan fingerprint density at radius 1 is 0.950 bits per heavy atom. The molecule has 0 aliphatic heterocycles. The fourth-order valence-corrected chi connectivity index (χ4v) is 4.73. The van der Waals surface area contributed by atoms with E-state index in [1.165, 1.54) is 0 Å². The summed E-state index contributed by atoms with van der Waals surface area (Å²) in [7, 11) is 0. The summed E-state index contributed by atoms with van der Waals surface area (Å²) < 4.78 is 12.4. The van der Waals surface area contributed by atoms with Crippen molar-refractivity contribution in [1.29, 1.82) is 0 Å². The maximum absolute atomic E-state index is 13.8. The molecule has 0 saturated heterocycles. The summed E-state index contributed by atoms with van der Waals surface area (Å²) >= 11 is 0. The van der Waals surface area contributed by atoms with E-state index < -0.39 is 6.08 Å². The Kier molecular flexibility index (Phi) is 7.72. The predicted molar refractivity (Wildman–Crippen MR) is 149 cm³/mol. The molecule has 0 aliphatic rings. The third kappa shape index (κ3) is 5.63. The summed E-state index contributed by atoms with van der Waals surface area (Å²) in [5.41, 5.74) is 5.64. The second-order valence-electron chi connectivity index (χ2n) is 9.65. The number of pyridine rings is 1. The molecule has 9 heteroatoms. The Morgan fingerprint density at radius 3 is 2.35 bits per heavy atom. The van der Waals surface area contributed by atoms with Crippen molar-refractivity contribution in [2.45, 2.75) is 53.5 Å². The van der Waals surface area contributed by atoms with E-state index in [9.17, 15) is 9.90 Å². The SMILES string of the molecule is CCCc1nc(CC)c(Oc2cc(C)cc(C)n2)c(=O)n1Cc1ccc(-c2ccccc2-c2noc([O-])n2)cc1. The lowest BCUT2D eigenvalue weighted by molar-refractivity contribution is -0.303. The van der Waals surface area contributed by atoms with Crippen molar-refractivity contribution >= 4 is 0 Å². The highest BCUT2D eigenvalue weighted by molar-refractivity contribution is 5.80. The first-order chi connectivity index (χ1) is 19.4. The largest absolute Gasteiger partial charge is 0.528 e. The normalized spacial score (nSPS) is 11.1. The van der Waals surface area contributed by atoms with Gasteiger partial charge >= 0.3 is 0 Å². The highest BCUT2D eigenvalue weighted by atomic mass is 16.6. The third-order valence-corrected chi connectivity index (χ3v) is 6.55. The van der Waals surface area contributed by atoms with Gasteiger partial charge in [0.2, 0.25) is 11.6 Å². The minimum atomic E-state index is -0.729. The van der Waals surface area contributed by atoms with E-state index in [1.54, 1.807) is 4.57 Å². The van der Waals surface area contributed by atoms with E-state index in [-0.39, 0.29) is 17.1 Å². The zero-order chi connectivity index (χ0) is 28.2. The van der Waals surface area contributed by atoms with Crippen LogP contribution >= 0.6 is 0 Å². The van der Waals surface area contributed by atoms with Gasteiger partial charge in [-0.2, -0.15) is 5.16 Å². The number of nitrogens with zero attached hydrogens (tertiary/aromatic N) is 5. The van der Waals surface area contributed by atoms with E-state index in [0.717, 1.165) is 40.2 Å². The fourth-order valence-electron chi connectivity index (χ4n) is 4.73. The Hall–Kier alpha value is -4.79. The van der Waals surface area contributed by atoms with Crippen molar-refractivity contribution in [3.05, 3.63) is 99.4 Å². The van der Waals surface area contributed by atoms with Crippen LogP contribution in [0, 0.1) is 13.8 Å². The van der Waals surface area contributed by atoms with Gasteiger partial charge in [-0.05, 0) is 55.0 Å². The second kappa shape index (κ2) is 11.5. The van der Waals surface area contributed by atoms with Crippen LogP contribution in [0.5, 0.6) is 17.7 Å². The Labute approximate surface area is 232 Å². The minimum Gasteiger partial charge on any atom is -0.528 e. The van der Waals surface area contributed by atoms with Gasteiger partial charge in [-0.15, -0.1) is 0 Å². The van der Waals surface area contributed by atoms with E-state index in [1.807, 2.05) is 81.4 Å². The van der Waals surface area contributed by atoms with E-state index in [2.05, 4.69) is 26.6 Å². The lowest BCUT2D eigenvalue weighted by atomic mass is 9.98. The quantitative estimate of drug-likeness (QED) is 0.246. The first-order valence-corrected chi connectivity index (χ1v) is 13.3. The molecule has 0 bridgehead atoms. The summed E-state index contributed by atoms with van der Waals surface area (Å²) in [5, 5.41) is 15.2. The molecule has 0 radical (unpaired) electrons. The van der Waals surface area contributed by atoms with Crippen LogP contribution in [-0.4, -0.2) is 24.7 Å². The molecule has 0 saturated carbocycles. The standard InChI is InChI=1S/C31H31N5O4/c1-5-9-26-33-25(6-2)28(39-27-17-19(3)16-20(4)32-27)30(37)36(26)18-21-12-14-22(15-13-21)23-10-7-8-11-24(23)29-34-31(38)40-35-29/h7-8,10-17H,5-6,9,18H2,1-4H3,(H,34,35,38)/p-1. The maximum atomic E-state index is 13.8. The lowest BCUT2D eigenvalue weighted by Gasteiger charge is -2.17. The van der Waals surface area contributed by atoms with Gasteiger partial charge in [0.25, 0.3) is 5.56 Å². The molecule has 9 nitrogen and oxygen atoms in total. The number of aromatic nitrogens is 5. The molecule has 3 heterocycles. The first-order valence-electron chi connectivity index (χ1n) is 13.3. The maximum Gasteiger partial charge on any atom is 0.297 e. The Balaban J connectivity index is 1.50. The molecular formula is C31H30N5O4-. The van der Waals surface area contributed by atoms with Gasteiger partial charge in [-0.25, -0.2) is 15.0 Å². The number of aryl methyl sites for hydroxylation is 4. The summed E-state index contributed by atoms with van der Waals surface area (Å²) in [6.07, 6.45) is 1.36. The molecule has 0 amide bonds. The molecule has 204 valence electrons. The number of rotatable bonds is 9. The molecule has 40 heavy (non-hydrogen) atoms. The predicted octanol–water partition coefficient (Wildman–Crippen LogP) is 5.40.